The van der Waals surface area contributed by atoms with E-state index in [1.54, 1.807) is 42.5 Å². The molecule has 0 amide bonds. The van der Waals surface area contributed by atoms with Gasteiger partial charge in [0.2, 0.25) is 0 Å². The highest BCUT2D eigenvalue weighted by atomic mass is 35.5. The summed E-state index contributed by atoms with van der Waals surface area (Å²) in [6.07, 6.45) is 0. The number of halogens is 1. The zero-order chi connectivity index (χ0) is 13.4. The van der Waals surface area contributed by atoms with Gasteiger partial charge in [-0.05, 0) is 30.3 Å². The number of nitrogens with one attached hydrogen (secondary N) is 1. The molecule has 3 nitrogen and oxygen atoms in total. The van der Waals surface area contributed by atoms with Gasteiger partial charge in [0.1, 0.15) is 0 Å². The molecule has 1 heterocycles. The van der Waals surface area contributed by atoms with Crippen LogP contribution in [0.5, 0.6) is 0 Å². The smallest absolute Gasteiger partial charge is 0.193 e. The Bertz CT molecular complexity index is 700. The van der Waals surface area contributed by atoms with Crippen molar-refractivity contribution >= 4 is 33.9 Å². The summed E-state index contributed by atoms with van der Waals surface area (Å²) in [5.74, 6) is 0.290. The Morgan fingerprint density at radius 3 is 2.74 bits per heavy atom. The van der Waals surface area contributed by atoms with Crippen molar-refractivity contribution in [1.82, 2.24) is 0 Å². The van der Waals surface area contributed by atoms with Crippen LogP contribution in [0.25, 0.3) is 0 Å². The minimum Gasteiger partial charge on any atom is -0.372 e. The lowest BCUT2D eigenvalue weighted by Crippen LogP contribution is -2.01. The zero-order valence-electron chi connectivity index (χ0n) is 9.85. The summed E-state index contributed by atoms with van der Waals surface area (Å²) in [5, 5.41) is 3.56. The van der Waals surface area contributed by atoms with E-state index >= 15 is 0 Å². The highest BCUT2D eigenvalue weighted by Gasteiger charge is 2.20. The second-order valence-corrected chi connectivity index (χ2v) is 6.07. The maximum Gasteiger partial charge on any atom is 0.193 e. The van der Waals surface area contributed by atoms with E-state index in [4.69, 9.17) is 11.6 Å². The highest BCUT2D eigenvalue weighted by molar-refractivity contribution is 7.85. The van der Waals surface area contributed by atoms with Gasteiger partial charge < -0.3 is 5.32 Å². The summed E-state index contributed by atoms with van der Waals surface area (Å²) < 4.78 is 11.7. The summed E-state index contributed by atoms with van der Waals surface area (Å²) in [6, 6.07) is 12.0. The molecule has 0 radical (unpaired) electrons. The van der Waals surface area contributed by atoms with Crippen molar-refractivity contribution < 1.29 is 9.00 Å². The molecule has 5 heteroatoms. The third-order valence-corrected chi connectivity index (χ3v) is 4.44. The first kappa shape index (κ1) is 12.4. The Kier molecular flexibility index (Phi) is 3.12. The molecule has 2 aromatic carbocycles. The third-order valence-electron chi connectivity index (χ3n) is 2.97. The predicted octanol–water partition coefficient (Wildman–Crippen LogP) is 3.06. The molecule has 0 fully saturated rings. The fraction of sp³-hybridized carbons (Fsp3) is 0.0714. The number of carbonyl (C=O) groups excluding carboxylic acids is 1. The number of hydrogen-bond acceptors (Lipinski definition) is 3. The van der Waals surface area contributed by atoms with Gasteiger partial charge in [-0.2, -0.15) is 0 Å². The van der Waals surface area contributed by atoms with E-state index in [0.29, 0.717) is 26.9 Å². The largest absolute Gasteiger partial charge is 0.372 e. The molecule has 19 heavy (non-hydrogen) atoms. The molecule has 0 aromatic heterocycles. The quantitative estimate of drug-likeness (QED) is 0.865. The van der Waals surface area contributed by atoms with E-state index in [-0.39, 0.29) is 5.78 Å². The van der Waals surface area contributed by atoms with Crippen LogP contribution in [0.2, 0.25) is 5.02 Å². The normalized spacial score (nSPS) is 16.8. The van der Waals surface area contributed by atoms with Crippen molar-refractivity contribution in [3.05, 3.63) is 58.6 Å². The summed E-state index contributed by atoms with van der Waals surface area (Å²) in [7, 11) is -1.07. The summed E-state index contributed by atoms with van der Waals surface area (Å²) in [4.78, 5) is 13.0. The number of rotatable bonds is 2. The first-order valence-electron chi connectivity index (χ1n) is 5.72. The van der Waals surface area contributed by atoms with Crippen LogP contribution in [0.1, 0.15) is 15.9 Å². The Labute approximate surface area is 118 Å². The summed E-state index contributed by atoms with van der Waals surface area (Å²) >= 11 is 5.88. The van der Waals surface area contributed by atoms with Crippen LogP contribution in [-0.4, -0.2) is 15.9 Å². The maximum atomic E-state index is 12.3. The van der Waals surface area contributed by atoms with Crippen molar-refractivity contribution in [2.24, 2.45) is 0 Å². The lowest BCUT2D eigenvalue weighted by molar-refractivity contribution is 0.103. The topological polar surface area (TPSA) is 46.2 Å². The first-order chi connectivity index (χ1) is 9.15. The summed E-state index contributed by atoms with van der Waals surface area (Å²) in [5.41, 5.74) is 1.89. The number of anilines is 1. The van der Waals surface area contributed by atoms with Gasteiger partial charge in [0.25, 0.3) is 0 Å². The second-order valence-electron chi connectivity index (χ2n) is 4.22. The van der Waals surface area contributed by atoms with Crippen LogP contribution < -0.4 is 5.32 Å². The van der Waals surface area contributed by atoms with Crippen LogP contribution >= 0.6 is 11.6 Å². The lowest BCUT2D eigenvalue weighted by Gasteiger charge is -2.04. The second kappa shape index (κ2) is 4.79. The molecular formula is C14H10ClNO2S. The van der Waals surface area contributed by atoms with E-state index in [1.807, 2.05) is 0 Å². The molecule has 2 aromatic rings. The molecule has 1 atom stereocenters. The van der Waals surface area contributed by atoms with Gasteiger partial charge in [-0.3, -0.25) is 9.00 Å². The zero-order valence-corrected chi connectivity index (χ0v) is 11.4. The van der Waals surface area contributed by atoms with Gasteiger partial charge in [-0.1, -0.05) is 23.7 Å². The average molecular weight is 292 g/mol. The SMILES string of the molecule is O=C(c1cccc(Cl)c1)c1ccc2c(c1)S(=O)CN2. The van der Waals surface area contributed by atoms with Gasteiger partial charge in [-0.25, -0.2) is 0 Å². The van der Waals surface area contributed by atoms with Gasteiger partial charge in [-0.15, -0.1) is 0 Å². The Morgan fingerprint density at radius 2 is 1.95 bits per heavy atom. The number of benzene rings is 2. The minimum absolute atomic E-state index is 0.116. The van der Waals surface area contributed by atoms with Crippen LogP contribution in [0.3, 0.4) is 0 Å². The van der Waals surface area contributed by atoms with Crippen LogP contribution in [0.4, 0.5) is 5.69 Å². The fourth-order valence-corrected chi connectivity index (χ4v) is 3.29. The number of carbonyl (C=O) groups is 1. The molecule has 0 aliphatic carbocycles. The Morgan fingerprint density at radius 1 is 1.16 bits per heavy atom. The number of hydrogen-bond donors (Lipinski definition) is 1. The maximum absolute atomic E-state index is 12.3. The molecule has 1 aliphatic heterocycles. The molecule has 1 aliphatic rings. The number of ketones is 1. The lowest BCUT2D eigenvalue weighted by atomic mass is 10.0. The van der Waals surface area contributed by atoms with Crippen LogP contribution in [0, 0.1) is 0 Å². The van der Waals surface area contributed by atoms with E-state index < -0.39 is 10.8 Å². The van der Waals surface area contributed by atoms with E-state index in [1.165, 1.54) is 0 Å². The predicted molar refractivity (Wildman–Crippen MR) is 76.2 cm³/mol. The Balaban J connectivity index is 2.01. The van der Waals surface area contributed by atoms with E-state index in [9.17, 15) is 9.00 Å². The minimum atomic E-state index is -1.07. The van der Waals surface area contributed by atoms with Crippen LogP contribution in [0.15, 0.2) is 47.4 Å². The molecule has 3 rings (SSSR count). The number of fused-ring (bicyclic) bond motifs is 1. The van der Waals surface area contributed by atoms with Crippen LogP contribution in [-0.2, 0) is 10.8 Å². The van der Waals surface area contributed by atoms with Gasteiger partial charge in [0, 0.05) is 16.1 Å². The molecule has 0 saturated heterocycles. The monoisotopic (exact) mass is 291 g/mol. The van der Waals surface area contributed by atoms with Crippen molar-refractivity contribution in [2.45, 2.75) is 4.90 Å². The van der Waals surface area contributed by atoms with E-state index in [2.05, 4.69) is 5.32 Å². The van der Waals surface area contributed by atoms with Crippen molar-refractivity contribution in [2.75, 3.05) is 11.2 Å². The van der Waals surface area contributed by atoms with E-state index in [0.717, 1.165) is 5.69 Å². The third kappa shape index (κ3) is 2.29. The first-order valence-corrected chi connectivity index (χ1v) is 7.41. The average Bonchev–Trinajstić information content (AvgIpc) is 2.79. The molecule has 0 saturated carbocycles. The van der Waals surface area contributed by atoms with Gasteiger partial charge in [0.15, 0.2) is 5.78 Å². The standard InChI is InChI=1S/C14H10ClNO2S/c15-11-3-1-2-9(6-11)14(17)10-4-5-12-13(7-10)19(18)8-16-12/h1-7,16H,8H2. The molecule has 96 valence electrons. The van der Waals surface area contributed by atoms with Crippen molar-refractivity contribution in [3.63, 3.8) is 0 Å². The Hall–Kier alpha value is -1.65. The summed E-state index contributed by atoms with van der Waals surface area (Å²) in [6.45, 7) is 0. The molecule has 0 spiro atoms. The molecule has 1 N–H and O–H groups in total. The van der Waals surface area contributed by atoms with Crippen molar-refractivity contribution in [1.29, 1.82) is 0 Å². The van der Waals surface area contributed by atoms with Crippen molar-refractivity contribution in [3.8, 4) is 0 Å². The van der Waals surface area contributed by atoms with Gasteiger partial charge >= 0.3 is 0 Å². The highest BCUT2D eigenvalue weighted by Crippen LogP contribution is 2.27. The molecule has 0 bridgehead atoms. The van der Waals surface area contributed by atoms with Gasteiger partial charge in [0.05, 0.1) is 27.3 Å². The molecule has 1 unspecified atom stereocenters. The fourth-order valence-electron chi connectivity index (χ4n) is 2.02. The molecular weight excluding hydrogens is 282 g/mol.